The number of rotatable bonds is 4. The van der Waals surface area contributed by atoms with E-state index in [1.807, 2.05) is 0 Å². The van der Waals surface area contributed by atoms with Crippen molar-refractivity contribution in [3.63, 3.8) is 0 Å². The largest absolute Gasteiger partial charge is 0.416 e. The molecular formula is C14H17F3N2O. The molecule has 3 nitrogen and oxygen atoms in total. The minimum Gasteiger partial charge on any atom is -0.398 e. The molecule has 0 atom stereocenters. The summed E-state index contributed by atoms with van der Waals surface area (Å²) in [5, 5.41) is 2.63. The van der Waals surface area contributed by atoms with Crippen LogP contribution in [0.5, 0.6) is 0 Å². The third-order valence-electron chi connectivity index (χ3n) is 3.69. The molecule has 1 fully saturated rings. The summed E-state index contributed by atoms with van der Waals surface area (Å²) >= 11 is 0. The highest BCUT2D eigenvalue weighted by atomic mass is 19.4. The molecule has 0 radical (unpaired) electrons. The van der Waals surface area contributed by atoms with Crippen LogP contribution in [0, 0.1) is 5.92 Å². The number of benzene rings is 1. The van der Waals surface area contributed by atoms with Crippen LogP contribution >= 0.6 is 0 Å². The molecule has 0 aromatic heterocycles. The van der Waals surface area contributed by atoms with Crippen LogP contribution in [0.4, 0.5) is 18.9 Å². The van der Waals surface area contributed by atoms with E-state index < -0.39 is 17.6 Å². The highest BCUT2D eigenvalue weighted by Gasteiger charge is 2.31. The van der Waals surface area contributed by atoms with Crippen molar-refractivity contribution in [3.8, 4) is 0 Å². The summed E-state index contributed by atoms with van der Waals surface area (Å²) in [6.07, 6.45) is -0.0540. The quantitative estimate of drug-likeness (QED) is 0.835. The van der Waals surface area contributed by atoms with E-state index in [0.717, 1.165) is 24.6 Å². The third kappa shape index (κ3) is 3.43. The van der Waals surface area contributed by atoms with Gasteiger partial charge < -0.3 is 11.1 Å². The lowest BCUT2D eigenvalue weighted by atomic mass is 9.83. The molecule has 0 saturated heterocycles. The molecule has 1 aliphatic carbocycles. The minimum absolute atomic E-state index is 0.0548. The first-order chi connectivity index (χ1) is 9.38. The molecule has 0 bridgehead atoms. The fraction of sp³-hybridized carbons (Fsp3) is 0.500. The van der Waals surface area contributed by atoms with E-state index in [1.165, 1.54) is 19.3 Å². The fourth-order valence-corrected chi connectivity index (χ4v) is 2.20. The second-order valence-electron chi connectivity index (χ2n) is 5.14. The number of alkyl halides is 3. The number of nitrogens with one attached hydrogen (secondary N) is 1. The Bertz CT molecular complexity index is 496. The van der Waals surface area contributed by atoms with E-state index in [9.17, 15) is 18.0 Å². The molecule has 1 aliphatic rings. The maximum atomic E-state index is 12.6. The summed E-state index contributed by atoms with van der Waals surface area (Å²) < 4.78 is 37.8. The van der Waals surface area contributed by atoms with Gasteiger partial charge in [0.05, 0.1) is 11.1 Å². The van der Waals surface area contributed by atoms with Crippen LogP contribution in [-0.4, -0.2) is 12.5 Å². The summed E-state index contributed by atoms with van der Waals surface area (Å²) in [4.78, 5) is 11.9. The number of hydrogen-bond acceptors (Lipinski definition) is 2. The highest BCUT2D eigenvalue weighted by molar-refractivity contribution is 5.99. The van der Waals surface area contributed by atoms with Crippen molar-refractivity contribution in [1.82, 2.24) is 5.32 Å². The molecule has 0 unspecified atom stereocenters. The molecule has 20 heavy (non-hydrogen) atoms. The summed E-state index contributed by atoms with van der Waals surface area (Å²) in [5.41, 5.74) is 4.65. The average molecular weight is 286 g/mol. The van der Waals surface area contributed by atoms with Crippen LogP contribution in [0.25, 0.3) is 0 Å². The van der Waals surface area contributed by atoms with Crippen molar-refractivity contribution >= 4 is 11.6 Å². The topological polar surface area (TPSA) is 55.1 Å². The molecule has 1 aromatic rings. The summed E-state index contributed by atoms with van der Waals surface area (Å²) in [6.45, 7) is 0.471. The van der Waals surface area contributed by atoms with Crippen molar-refractivity contribution in [2.75, 3.05) is 12.3 Å². The Hall–Kier alpha value is -1.72. The number of nitrogens with two attached hydrogens (primary N) is 1. The zero-order valence-electron chi connectivity index (χ0n) is 11.0. The first-order valence-electron chi connectivity index (χ1n) is 6.63. The van der Waals surface area contributed by atoms with Crippen LogP contribution in [0.3, 0.4) is 0 Å². The maximum absolute atomic E-state index is 12.6. The van der Waals surface area contributed by atoms with Crippen molar-refractivity contribution in [3.05, 3.63) is 29.3 Å². The molecule has 1 aromatic carbocycles. The van der Waals surface area contributed by atoms with Gasteiger partial charge in [-0.1, -0.05) is 19.3 Å². The number of carbonyl (C=O) groups is 1. The number of nitrogen functional groups attached to an aromatic ring is 1. The third-order valence-corrected chi connectivity index (χ3v) is 3.69. The van der Waals surface area contributed by atoms with Gasteiger partial charge in [-0.05, 0) is 30.5 Å². The Kier molecular flexibility index (Phi) is 4.20. The first-order valence-corrected chi connectivity index (χ1v) is 6.63. The van der Waals surface area contributed by atoms with Gasteiger partial charge in [-0.2, -0.15) is 13.2 Å². The average Bonchev–Trinajstić information content (AvgIpc) is 2.31. The van der Waals surface area contributed by atoms with Gasteiger partial charge in [-0.25, -0.2) is 0 Å². The van der Waals surface area contributed by atoms with Crippen LogP contribution in [0.2, 0.25) is 0 Å². The van der Waals surface area contributed by atoms with Gasteiger partial charge in [-0.15, -0.1) is 0 Å². The second-order valence-corrected chi connectivity index (χ2v) is 5.14. The van der Waals surface area contributed by atoms with Crippen LogP contribution in [-0.2, 0) is 6.18 Å². The number of hydrogen-bond donors (Lipinski definition) is 2. The molecule has 3 N–H and O–H groups in total. The van der Waals surface area contributed by atoms with Crippen LogP contribution < -0.4 is 11.1 Å². The molecule has 1 saturated carbocycles. The van der Waals surface area contributed by atoms with Gasteiger partial charge in [0.1, 0.15) is 0 Å². The van der Waals surface area contributed by atoms with E-state index in [1.54, 1.807) is 0 Å². The smallest absolute Gasteiger partial charge is 0.398 e. The SMILES string of the molecule is Nc1ccc(C(F)(F)F)cc1C(=O)NCCC1CCC1. The lowest BCUT2D eigenvalue weighted by molar-refractivity contribution is -0.137. The molecule has 0 heterocycles. The van der Waals surface area contributed by atoms with Crippen molar-refractivity contribution in [2.24, 2.45) is 5.92 Å². The number of anilines is 1. The summed E-state index contributed by atoms with van der Waals surface area (Å²) in [7, 11) is 0. The van der Waals surface area contributed by atoms with Crippen LogP contribution in [0.15, 0.2) is 18.2 Å². The molecular weight excluding hydrogens is 269 g/mol. The molecule has 1 amide bonds. The molecule has 6 heteroatoms. The molecule has 110 valence electrons. The molecule has 2 rings (SSSR count). The lowest BCUT2D eigenvalue weighted by Crippen LogP contribution is -2.28. The van der Waals surface area contributed by atoms with E-state index >= 15 is 0 Å². The molecule has 0 spiro atoms. The Morgan fingerprint density at radius 3 is 2.60 bits per heavy atom. The number of halogens is 3. The van der Waals surface area contributed by atoms with E-state index in [4.69, 9.17) is 5.73 Å². The van der Waals surface area contributed by atoms with E-state index in [0.29, 0.717) is 12.5 Å². The predicted octanol–water partition coefficient (Wildman–Crippen LogP) is 3.21. The predicted molar refractivity (Wildman–Crippen MR) is 70.1 cm³/mol. The fourth-order valence-electron chi connectivity index (χ4n) is 2.20. The Labute approximate surface area is 115 Å². The standard InChI is InChI=1S/C14H17F3N2O/c15-14(16,17)10-4-5-12(18)11(8-10)13(20)19-7-6-9-2-1-3-9/h4-5,8-9H,1-3,6-7,18H2,(H,19,20). The normalized spacial score (nSPS) is 15.8. The zero-order chi connectivity index (χ0) is 14.8. The van der Waals surface area contributed by atoms with E-state index in [-0.39, 0.29) is 11.3 Å². The van der Waals surface area contributed by atoms with E-state index in [2.05, 4.69) is 5.32 Å². The van der Waals surface area contributed by atoms with Gasteiger partial charge >= 0.3 is 6.18 Å². The highest BCUT2D eigenvalue weighted by Crippen LogP contribution is 2.31. The maximum Gasteiger partial charge on any atom is 0.416 e. The van der Waals surface area contributed by atoms with Gasteiger partial charge in [0.15, 0.2) is 0 Å². The van der Waals surface area contributed by atoms with Crippen molar-refractivity contribution < 1.29 is 18.0 Å². The van der Waals surface area contributed by atoms with Gasteiger partial charge in [0, 0.05) is 12.2 Å². The number of amides is 1. The monoisotopic (exact) mass is 286 g/mol. The van der Waals surface area contributed by atoms with Gasteiger partial charge in [-0.3, -0.25) is 4.79 Å². The molecule has 0 aliphatic heterocycles. The second kappa shape index (κ2) is 5.73. The summed E-state index contributed by atoms with van der Waals surface area (Å²) in [6, 6.07) is 2.79. The Morgan fingerprint density at radius 1 is 1.35 bits per heavy atom. The first kappa shape index (κ1) is 14.7. The lowest BCUT2D eigenvalue weighted by Gasteiger charge is -2.25. The van der Waals surface area contributed by atoms with Crippen molar-refractivity contribution in [1.29, 1.82) is 0 Å². The summed E-state index contributed by atoms with van der Waals surface area (Å²) in [5.74, 6) is 0.0853. The zero-order valence-corrected chi connectivity index (χ0v) is 11.0. The minimum atomic E-state index is -4.48. The van der Waals surface area contributed by atoms with Gasteiger partial charge in [0.25, 0.3) is 5.91 Å². The van der Waals surface area contributed by atoms with Crippen molar-refractivity contribution in [2.45, 2.75) is 31.9 Å². The van der Waals surface area contributed by atoms with Crippen LogP contribution in [0.1, 0.15) is 41.6 Å². The van der Waals surface area contributed by atoms with Gasteiger partial charge in [0.2, 0.25) is 0 Å². The number of carbonyl (C=O) groups excluding carboxylic acids is 1. The Balaban J connectivity index is 2.00. The Morgan fingerprint density at radius 2 is 2.05 bits per heavy atom.